The number of rotatable bonds is 20. The van der Waals surface area contributed by atoms with Gasteiger partial charge in [-0.05, 0) is 86.4 Å². The van der Waals surface area contributed by atoms with E-state index in [0.29, 0.717) is 50.4 Å². The Labute approximate surface area is 256 Å². The number of phenolic OH excluding ortho intramolecular Hbond substituents is 1. The molecule has 0 radical (unpaired) electrons. The van der Waals surface area contributed by atoms with E-state index in [1.807, 2.05) is 0 Å². The number of nitrogens with one attached hydrogen (secondary N) is 1. The molecule has 6 N–H and O–H groups in total. The largest absolute Gasteiger partial charge is 0.508 e. The number of benzene rings is 2. The Balaban J connectivity index is 1.95. The lowest BCUT2D eigenvalue weighted by Crippen LogP contribution is -2.36. The van der Waals surface area contributed by atoms with Crippen LogP contribution in [0.2, 0.25) is 0 Å². The molecule has 0 aliphatic carbocycles. The average molecular weight is 596 g/mol. The van der Waals surface area contributed by atoms with Crippen molar-refractivity contribution in [1.29, 1.82) is 0 Å². The molecule has 0 bridgehead atoms. The van der Waals surface area contributed by atoms with Crippen molar-refractivity contribution in [3.63, 3.8) is 0 Å². The highest BCUT2D eigenvalue weighted by Gasteiger charge is 2.27. The van der Waals surface area contributed by atoms with Crippen LogP contribution in [0.1, 0.15) is 76.3 Å². The molecule has 9 nitrogen and oxygen atoms in total. The zero-order valence-corrected chi connectivity index (χ0v) is 25.8. The maximum absolute atomic E-state index is 13.2. The van der Waals surface area contributed by atoms with Crippen molar-refractivity contribution >= 4 is 17.7 Å². The summed E-state index contributed by atoms with van der Waals surface area (Å²) in [6.45, 7) is 5.09. The number of nitrogens with two attached hydrogens (primary N) is 2. The molecule has 9 heteroatoms. The second kappa shape index (κ2) is 19.5. The number of aromatic hydroxyl groups is 1. The minimum Gasteiger partial charge on any atom is -0.508 e. The van der Waals surface area contributed by atoms with Gasteiger partial charge in [-0.15, -0.1) is 0 Å². The Morgan fingerprint density at radius 2 is 1.70 bits per heavy atom. The van der Waals surface area contributed by atoms with Crippen LogP contribution in [-0.4, -0.2) is 42.5 Å². The maximum atomic E-state index is 13.2. The summed E-state index contributed by atoms with van der Waals surface area (Å²) in [5.74, 6) is -0.219. The van der Waals surface area contributed by atoms with Crippen molar-refractivity contribution in [1.82, 2.24) is 5.32 Å². The first-order valence-electron chi connectivity index (χ1n) is 15.2. The molecule has 2 atom stereocenters. The van der Waals surface area contributed by atoms with E-state index in [4.69, 9.17) is 20.9 Å². The summed E-state index contributed by atoms with van der Waals surface area (Å²) in [5, 5.41) is 12.4. The number of amides is 1. The first-order chi connectivity index (χ1) is 20.6. The van der Waals surface area contributed by atoms with Crippen molar-refractivity contribution in [3.8, 4) is 17.2 Å². The molecule has 0 spiro atoms. The van der Waals surface area contributed by atoms with Crippen LogP contribution >= 0.6 is 0 Å². The second-order valence-corrected chi connectivity index (χ2v) is 11.2. The number of ether oxygens (including phenoxy) is 2. The van der Waals surface area contributed by atoms with Crippen LogP contribution in [0.25, 0.3) is 0 Å². The van der Waals surface area contributed by atoms with E-state index in [0.717, 1.165) is 36.8 Å². The van der Waals surface area contributed by atoms with Gasteiger partial charge in [0.25, 0.3) is 0 Å². The van der Waals surface area contributed by atoms with Gasteiger partial charge in [-0.2, -0.15) is 0 Å². The van der Waals surface area contributed by atoms with Crippen LogP contribution in [-0.2, 0) is 27.3 Å². The van der Waals surface area contributed by atoms with Gasteiger partial charge in [0.15, 0.2) is 17.3 Å². The molecule has 0 saturated heterocycles. The highest BCUT2D eigenvalue weighted by Crippen LogP contribution is 2.30. The van der Waals surface area contributed by atoms with Gasteiger partial charge in [-0.25, -0.2) is 0 Å². The van der Waals surface area contributed by atoms with Crippen LogP contribution < -0.4 is 26.3 Å². The highest BCUT2D eigenvalue weighted by molar-refractivity contribution is 5.89. The number of carbonyl (C=O) groups is 3. The first kappa shape index (κ1) is 35.5. The first-order valence-corrected chi connectivity index (χ1v) is 15.2. The molecule has 0 unspecified atom stereocenters. The minimum absolute atomic E-state index is 0.0177. The van der Waals surface area contributed by atoms with Crippen LogP contribution in [0.5, 0.6) is 17.2 Å². The lowest BCUT2D eigenvalue weighted by atomic mass is 9.91. The smallest absolute Gasteiger partial charge is 0.314 e. The SMILES string of the molecule is COc1cc(CNC(=O)CCCC/C=C/C(C)C)ccc1OC(=O)[C@H](CCCCN)CC(=O)[C@@H](N)Cc1ccc(O)cc1. The number of unbranched alkanes of at least 4 members (excludes halogenated alkanes) is 3. The fourth-order valence-electron chi connectivity index (χ4n) is 4.54. The number of allylic oxidation sites excluding steroid dienone is 2. The number of methoxy groups -OCH3 is 1. The van der Waals surface area contributed by atoms with Gasteiger partial charge in [-0.3, -0.25) is 14.4 Å². The predicted octanol–water partition coefficient (Wildman–Crippen LogP) is 4.97. The molecule has 0 saturated carbocycles. The lowest BCUT2D eigenvalue weighted by molar-refractivity contribution is -0.141. The van der Waals surface area contributed by atoms with Gasteiger partial charge in [0.2, 0.25) is 5.91 Å². The van der Waals surface area contributed by atoms with Gasteiger partial charge in [0.05, 0.1) is 19.1 Å². The predicted molar refractivity (Wildman–Crippen MR) is 169 cm³/mol. The number of Topliss-reactive ketones (excluding diaryl/α,β-unsaturated/α-hetero) is 1. The molecular formula is C34H49N3O6. The van der Waals surface area contributed by atoms with Gasteiger partial charge >= 0.3 is 5.97 Å². The Morgan fingerprint density at radius 3 is 2.37 bits per heavy atom. The summed E-state index contributed by atoms with van der Waals surface area (Å²) in [6.07, 6.45) is 9.63. The molecule has 236 valence electrons. The van der Waals surface area contributed by atoms with Gasteiger partial charge in [0.1, 0.15) is 5.75 Å². The molecular weight excluding hydrogens is 546 g/mol. The Hall–Kier alpha value is -3.69. The molecule has 0 aromatic heterocycles. The molecule has 2 rings (SSSR count). The monoisotopic (exact) mass is 595 g/mol. The fourth-order valence-corrected chi connectivity index (χ4v) is 4.54. The topological polar surface area (TPSA) is 154 Å². The summed E-state index contributed by atoms with van der Waals surface area (Å²) >= 11 is 0. The minimum atomic E-state index is -0.792. The zero-order valence-electron chi connectivity index (χ0n) is 25.8. The zero-order chi connectivity index (χ0) is 31.6. The van der Waals surface area contributed by atoms with E-state index in [2.05, 4.69) is 31.3 Å². The quantitative estimate of drug-likeness (QED) is 0.0724. The number of esters is 1. The summed E-state index contributed by atoms with van der Waals surface area (Å²) in [6, 6.07) is 10.8. The fraction of sp³-hybridized carbons (Fsp3) is 0.500. The molecule has 2 aromatic rings. The molecule has 1 amide bonds. The normalized spacial score (nSPS) is 12.7. The maximum Gasteiger partial charge on any atom is 0.314 e. The third-order valence-electron chi connectivity index (χ3n) is 7.07. The molecule has 2 aromatic carbocycles. The number of hydrogen-bond donors (Lipinski definition) is 4. The van der Waals surface area contributed by atoms with Crippen LogP contribution in [0, 0.1) is 11.8 Å². The number of phenols is 1. The Morgan fingerprint density at radius 1 is 0.977 bits per heavy atom. The van der Waals surface area contributed by atoms with Crippen molar-refractivity contribution in [2.24, 2.45) is 23.3 Å². The van der Waals surface area contributed by atoms with E-state index < -0.39 is 17.9 Å². The van der Waals surface area contributed by atoms with Gasteiger partial charge in [-0.1, -0.05) is 50.6 Å². The molecule has 0 aliphatic heterocycles. The molecule has 0 aliphatic rings. The van der Waals surface area contributed by atoms with Gasteiger partial charge < -0.3 is 31.4 Å². The van der Waals surface area contributed by atoms with Crippen molar-refractivity contribution in [2.75, 3.05) is 13.7 Å². The highest BCUT2D eigenvalue weighted by atomic mass is 16.6. The average Bonchev–Trinajstić information content (AvgIpc) is 2.98. The van der Waals surface area contributed by atoms with Crippen LogP contribution in [0.15, 0.2) is 54.6 Å². The molecule has 43 heavy (non-hydrogen) atoms. The van der Waals surface area contributed by atoms with E-state index in [-0.39, 0.29) is 29.6 Å². The molecule has 0 heterocycles. The Kier molecular flexibility index (Phi) is 16.1. The van der Waals surface area contributed by atoms with E-state index in [1.165, 1.54) is 7.11 Å². The number of ketones is 1. The summed E-state index contributed by atoms with van der Waals surface area (Å²) in [4.78, 5) is 38.5. The van der Waals surface area contributed by atoms with Gasteiger partial charge in [0, 0.05) is 19.4 Å². The van der Waals surface area contributed by atoms with Crippen molar-refractivity contribution < 1.29 is 29.0 Å². The van der Waals surface area contributed by atoms with E-state index in [1.54, 1.807) is 42.5 Å². The van der Waals surface area contributed by atoms with Crippen LogP contribution in [0.4, 0.5) is 0 Å². The standard InChI is InChI=1S/C34H49N3O6/c1-24(2)10-6-4-5-7-12-33(40)37-23-26-15-18-31(32(21-26)42-3)43-34(41)27(11-8-9-19-35)22-30(39)29(36)20-25-13-16-28(38)17-14-25/h6,10,13-18,21,24,27,29,38H,4-5,7-9,11-12,19-20,22-23,35-36H2,1-3H3,(H,37,40)/b10-6+/t27-,29+/m1/s1. The summed E-state index contributed by atoms with van der Waals surface area (Å²) < 4.78 is 11.2. The van der Waals surface area contributed by atoms with Crippen molar-refractivity contribution in [2.45, 2.75) is 84.2 Å². The Bertz CT molecular complexity index is 1180. The number of hydrogen-bond acceptors (Lipinski definition) is 8. The van der Waals surface area contributed by atoms with Crippen LogP contribution in [0.3, 0.4) is 0 Å². The van der Waals surface area contributed by atoms with E-state index >= 15 is 0 Å². The third-order valence-corrected chi connectivity index (χ3v) is 7.07. The summed E-state index contributed by atoms with van der Waals surface area (Å²) in [7, 11) is 1.48. The van der Waals surface area contributed by atoms with Crippen molar-refractivity contribution in [3.05, 3.63) is 65.7 Å². The summed E-state index contributed by atoms with van der Waals surface area (Å²) in [5.41, 5.74) is 13.4. The molecule has 0 fully saturated rings. The second-order valence-electron chi connectivity index (χ2n) is 11.2. The third kappa shape index (κ3) is 13.9. The van der Waals surface area contributed by atoms with E-state index in [9.17, 15) is 19.5 Å². The number of carbonyl (C=O) groups excluding carboxylic acids is 3. The lowest BCUT2D eigenvalue weighted by Gasteiger charge is -2.19.